The average molecular weight is 211 g/mol. The number of hydrogen-bond acceptors (Lipinski definition) is 2. The molecule has 0 aliphatic carbocycles. The molecule has 0 N–H and O–H groups in total. The summed E-state index contributed by atoms with van der Waals surface area (Å²) in [5, 5.41) is 0. The predicted octanol–water partition coefficient (Wildman–Crippen LogP) is 3.26. The highest BCUT2D eigenvalue weighted by Gasteiger charge is 2.01. The van der Waals surface area contributed by atoms with Crippen LogP contribution in [0.2, 0.25) is 0 Å². The number of nitrogens with zero attached hydrogens (tertiary/aromatic N) is 1. The molecule has 0 radical (unpaired) electrons. The van der Waals surface area contributed by atoms with Gasteiger partial charge in [0.2, 0.25) is 0 Å². The number of carbonyl (C=O) groups is 1. The average Bonchev–Trinajstić information content (AvgIpc) is 2.29. The first-order valence-electron chi connectivity index (χ1n) is 5.20. The van der Waals surface area contributed by atoms with E-state index in [0.29, 0.717) is 0 Å². The van der Waals surface area contributed by atoms with Crippen LogP contribution < -0.4 is 0 Å². The summed E-state index contributed by atoms with van der Waals surface area (Å²) < 4.78 is 0. The first-order valence-corrected chi connectivity index (χ1v) is 5.20. The molecule has 2 heteroatoms. The third-order valence-electron chi connectivity index (χ3n) is 2.50. The number of ketones is 1. The van der Waals surface area contributed by atoms with Crippen LogP contribution in [0.1, 0.15) is 22.8 Å². The molecular formula is C14H13NO. The van der Waals surface area contributed by atoms with E-state index in [2.05, 4.69) is 11.1 Å². The molecule has 1 heterocycles. The second-order valence-electron chi connectivity index (χ2n) is 3.88. The van der Waals surface area contributed by atoms with Gasteiger partial charge in [0.25, 0.3) is 0 Å². The van der Waals surface area contributed by atoms with Crippen molar-refractivity contribution in [1.29, 1.82) is 0 Å². The number of Topliss-reactive ketones (excluding diaryl/α,β-unsaturated/α-hetero) is 1. The fourth-order valence-corrected chi connectivity index (χ4v) is 1.61. The van der Waals surface area contributed by atoms with Crippen molar-refractivity contribution < 1.29 is 4.79 Å². The van der Waals surface area contributed by atoms with E-state index in [9.17, 15) is 4.79 Å². The fraction of sp³-hybridized carbons (Fsp3) is 0.143. The number of benzene rings is 1. The lowest BCUT2D eigenvalue weighted by atomic mass is 10.0. The summed E-state index contributed by atoms with van der Waals surface area (Å²) in [6.07, 6.45) is 3.66. The van der Waals surface area contributed by atoms with E-state index in [1.165, 1.54) is 0 Å². The van der Waals surface area contributed by atoms with E-state index >= 15 is 0 Å². The minimum atomic E-state index is 0.0916. The van der Waals surface area contributed by atoms with Gasteiger partial charge in [-0.1, -0.05) is 24.3 Å². The maximum atomic E-state index is 11.1. The van der Waals surface area contributed by atoms with E-state index in [-0.39, 0.29) is 5.78 Å². The van der Waals surface area contributed by atoms with Crippen LogP contribution in [0.25, 0.3) is 11.1 Å². The molecule has 0 atom stereocenters. The van der Waals surface area contributed by atoms with Gasteiger partial charge < -0.3 is 0 Å². The normalized spacial score (nSPS) is 10.1. The van der Waals surface area contributed by atoms with Crippen LogP contribution in [0.4, 0.5) is 0 Å². The lowest BCUT2D eigenvalue weighted by Crippen LogP contribution is -1.91. The Hall–Kier alpha value is -1.96. The summed E-state index contributed by atoms with van der Waals surface area (Å²) in [5.74, 6) is 0.0916. The Labute approximate surface area is 95.0 Å². The van der Waals surface area contributed by atoms with Gasteiger partial charge in [-0.05, 0) is 31.0 Å². The maximum absolute atomic E-state index is 11.1. The molecule has 2 rings (SSSR count). The van der Waals surface area contributed by atoms with Gasteiger partial charge in [0.1, 0.15) is 0 Å². The molecule has 0 saturated carbocycles. The van der Waals surface area contributed by atoms with Gasteiger partial charge in [-0.3, -0.25) is 9.78 Å². The Morgan fingerprint density at radius 1 is 1.06 bits per heavy atom. The van der Waals surface area contributed by atoms with E-state index < -0.39 is 0 Å². The predicted molar refractivity (Wildman–Crippen MR) is 64.4 cm³/mol. The summed E-state index contributed by atoms with van der Waals surface area (Å²) in [4.78, 5) is 15.3. The van der Waals surface area contributed by atoms with E-state index in [1.807, 2.05) is 43.6 Å². The van der Waals surface area contributed by atoms with Crippen LogP contribution in [0.3, 0.4) is 0 Å². The quantitative estimate of drug-likeness (QED) is 0.714. The summed E-state index contributed by atoms with van der Waals surface area (Å²) >= 11 is 0. The number of aromatic nitrogens is 1. The van der Waals surface area contributed by atoms with Gasteiger partial charge in [-0.2, -0.15) is 0 Å². The molecule has 80 valence electrons. The molecule has 0 unspecified atom stereocenters. The first-order chi connectivity index (χ1) is 7.66. The summed E-state index contributed by atoms with van der Waals surface area (Å²) in [6.45, 7) is 3.59. The maximum Gasteiger partial charge on any atom is 0.159 e. The SMILES string of the molecule is CC(=O)c1ccc(-c2cncc(C)c2)cc1. The van der Waals surface area contributed by atoms with Gasteiger partial charge in [-0.15, -0.1) is 0 Å². The molecule has 2 aromatic rings. The van der Waals surface area contributed by atoms with Crippen molar-refractivity contribution in [2.45, 2.75) is 13.8 Å². The molecule has 0 amide bonds. The number of carbonyl (C=O) groups excluding carboxylic acids is 1. The van der Waals surface area contributed by atoms with E-state index in [0.717, 1.165) is 22.3 Å². The molecule has 0 spiro atoms. The molecule has 2 nitrogen and oxygen atoms in total. The minimum Gasteiger partial charge on any atom is -0.295 e. The van der Waals surface area contributed by atoms with Crippen molar-refractivity contribution in [1.82, 2.24) is 4.98 Å². The third-order valence-corrected chi connectivity index (χ3v) is 2.50. The molecular weight excluding hydrogens is 198 g/mol. The molecule has 1 aromatic carbocycles. The molecule has 0 bridgehead atoms. The fourth-order valence-electron chi connectivity index (χ4n) is 1.61. The monoisotopic (exact) mass is 211 g/mol. The zero-order valence-corrected chi connectivity index (χ0v) is 9.40. The Morgan fingerprint density at radius 3 is 2.31 bits per heavy atom. The second-order valence-corrected chi connectivity index (χ2v) is 3.88. The minimum absolute atomic E-state index is 0.0916. The van der Waals surface area contributed by atoms with Crippen molar-refractivity contribution in [3.05, 3.63) is 53.9 Å². The zero-order chi connectivity index (χ0) is 11.5. The van der Waals surface area contributed by atoms with Gasteiger partial charge in [0, 0.05) is 23.5 Å². The number of aryl methyl sites for hydroxylation is 1. The second kappa shape index (κ2) is 4.27. The Kier molecular flexibility index (Phi) is 2.82. The largest absolute Gasteiger partial charge is 0.295 e. The van der Waals surface area contributed by atoms with Crippen LogP contribution in [0.5, 0.6) is 0 Å². The van der Waals surface area contributed by atoms with Crippen LogP contribution in [-0.4, -0.2) is 10.8 Å². The van der Waals surface area contributed by atoms with Crippen LogP contribution in [0, 0.1) is 6.92 Å². The van der Waals surface area contributed by atoms with Crippen molar-refractivity contribution in [3.8, 4) is 11.1 Å². The number of pyridine rings is 1. The van der Waals surface area contributed by atoms with Crippen molar-refractivity contribution in [2.75, 3.05) is 0 Å². The van der Waals surface area contributed by atoms with Crippen LogP contribution in [-0.2, 0) is 0 Å². The Morgan fingerprint density at radius 2 is 1.75 bits per heavy atom. The standard InChI is InChI=1S/C14H13NO/c1-10-7-14(9-15-8-10)13-5-3-12(4-6-13)11(2)16/h3-9H,1-2H3. The number of hydrogen-bond donors (Lipinski definition) is 0. The van der Waals surface area contributed by atoms with Crippen LogP contribution in [0.15, 0.2) is 42.7 Å². The van der Waals surface area contributed by atoms with E-state index in [1.54, 1.807) is 6.92 Å². The topological polar surface area (TPSA) is 30.0 Å². The first kappa shape index (κ1) is 10.6. The zero-order valence-electron chi connectivity index (χ0n) is 9.40. The van der Waals surface area contributed by atoms with Gasteiger partial charge >= 0.3 is 0 Å². The van der Waals surface area contributed by atoms with Crippen molar-refractivity contribution in [3.63, 3.8) is 0 Å². The molecule has 16 heavy (non-hydrogen) atoms. The third kappa shape index (κ3) is 2.16. The molecule has 0 fully saturated rings. The molecule has 0 saturated heterocycles. The van der Waals surface area contributed by atoms with Crippen molar-refractivity contribution in [2.24, 2.45) is 0 Å². The Balaban J connectivity index is 2.38. The van der Waals surface area contributed by atoms with Crippen molar-refractivity contribution >= 4 is 5.78 Å². The molecule has 0 aliphatic rings. The van der Waals surface area contributed by atoms with Crippen LogP contribution >= 0.6 is 0 Å². The lowest BCUT2D eigenvalue weighted by molar-refractivity contribution is 0.101. The Bertz CT molecular complexity index is 515. The molecule has 1 aromatic heterocycles. The summed E-state index contributed by atoms with van der Waals surface area (Å²) in [6, 6.07) is 9.68. The summed E-state index contributed by atoms with van der Waals surface area (Å²) in [5.41, 5.74) is 4.04. The molecule has 0 aliphatic heterocycles. The highest BCUT2D eigenvalue weighted by atomic mass is 16.1. The smallest absolute Gasteiger partial charge is 0.159 e. The highest BCUT2D eigenvalue weighted by molar-refractivity contribution is 5.94. The number of rotatable bonds is 2. The highest BCUT2D eigenvalue weighted by Crippen LogP contribution is 2.19. The lowest BCUT2D eigenvalue weighted by Gasteiger charge is -2.03. The van der Waals surface area contributed by atoms with E-state index in [4.69, 9.17) is 0 Å². The van der Waals surface area contributed by atoms with Gasteiger partial charge in [0.15, 0.2) is 5.78 Å². The van der Waals surface area contributed by atoms with Gasteiger partial charge in [-0.25, -0.2) is 0 Å². The van der Waals surface area contributed by atoms with Gasteiger partial charge in [0.05, 0.1) is 0 Å². The summed E-state index contributed by atoms with van der Waals surface area (Å²) in [7, 11) is 0.